The van der Waals surface area contributed by atoms with Gasteiger partial charge in [0.15, 0.2) is 18.9 Å². The van der Waals surface area contributed by atoms with E-state index in [1.165, 1.54) is 0 Å². The standard InChI is InChI=1S/C29H51NO18/c1-2-30-17(34)8-4-3-6-13(33)7-5-9-43-28-25(42)26(48-29-24(41)22(39)19(36)15(11-32)46-29)20(37)16(47-28)12-44-27-23(40)21(38)18(35)14(10-31)45-27/h14-16,18-29,31-32,35-42H,2-12H2,1H3,(H,30,34)/t14-,15-,16-,18-,19-,20-,21+,22+,23+,24+,25-,26+,27+,28+,29-/m1/s1. The third kappa shape index (κ3) is 10.8. The van der Waals surface area contributed by atoms with Crippen LogP contribution in [0.15, 0.2) is 0 Å². The van der Waals surface area contributed by atoms with E-state index in [2.05, 4.69) is 5.32 Å². The van der Waals surface area contributed by atoms with Gasteiger partial charge in [0.1, 0.15) is 79.0 Å². The molecular weight excluding hydrogens is 650 g/mol. The monoisotopic (exact) mass is 701 g/mol. The summed E-state index contributed by atoms with van der Waals surface area (Å²) in [6, 6.07) is 0. The maximum atomic E-state index is 12.3. The molecule has 3 fully saturated rings. The second-order valence-corrected chi connectivity index (χ2v) is 12.0. The number of carbonyl (C=O) groups excluding carboxylic acids is 2. The number of unbranched alkanes of at least 4 members (excludes halogenated alkanes) is 1. The van der Waals surface area contributed by atoms with Crippen LogP contribution >= 0.6 is 0 Å². The van der Waals surface area contributed by atoms with E-state index in [0.717, 1.165) is 0 Å². The number of ketones is 1. The smallest absolute Gasteiger partial charge is 0.219 e. The van der Waals surface area contributed by atoms with Gasteiger partial charge in [-0.15, -0.1) is 0 Å². The molecule has 280 valence electrons. The molecule has 19 heteroatoms. The highest BCUT2D eigenvalue weighted by Crippen LogP contribution is 2.31. The fraction of sp³-hybridized carbons (Fsp3) is 0.931. The molecule has 0 aromatic carbocycles. The Balaban J connectivity index is 1.63. The van der Waals surface area contributed by atoms with Gasteiger partial charge in [-0.25, -0.2) is 0 Å². The van der Waals surface area contributed by atoms with Crippen molar-refractivity contribution >= 4 is 11.7 Å². The number of ether oxygens (including phenoxy) is 6. The van der Waals surface area contributed by atoms with Gasteiger partial charge in [0, 0.05) is 25.8 Å². The van der Waals surface area contributed by atoms with Crippen molar-refractivity contribution in [1.82, 2.24) is 5.32 Å². The summed E-state index contributed by atoms with van der Waals surface area (Å²) in [6.45, 7) is 0.160. The zero-order valence-corrected chi connectivity index (χ0v) is 26.7. The van der Waals surface area contributed by atoms with E-state index in [1.54, 1.807) is 0 Å². The predicted octanol–water partition coefficient (Wildman–Crippen LogP) is -5.50. The van der Waals surface area contributed by atoms with E-state index in [9.17, 15) is 60.7 Å². The number of hydrogen-bond donors (Lipinski definition) is 11. The Labute approximate surface area is 276 Å². The van der Waals surface area contributed by atoms with E-state index in [-0.39, 0.29) is 37.6 Å². The van der Waals surface area contributed by atoms with Gasteiger partial charge in [0.05, 0.1) is 26.4 Å². The molecule has 0 unspecified atom stereocenters. The topological polar surface area (TPSA) is 304 Å². The fourth-order valence-electron chi connectivity index (χ4n) is 5.56. The summed E-state index contributed by atoms with van der Waals surface area (Å²) in [6.07, 6.45) is -22.7. The Morgan fingerprint density at radius 2 is 1.12 bits per heavy atom. The van der Waals surface area contributed by atoms with Gasteiger partial charge in [-0.3, -0.25) is 9.59 Å². The van der Waals surface area contributed by atoms with Gasteiger partial charge in [0.25, 0.3) is 0 Å². The summed E-state index contributed by atoms with van der Waals surface area (Å²) in [7, 11) is 0. The summed E-state index contributed by atoms with van der Waals surface area (Å²) < 4.78 is 33.2. The van der Waals surface area contributed by atoms with E-state index in [1.807, 2.05) is 6.92 Å². The maximum absolute atomic E-state index is 12.3. The van der Waals surface area contributed by atoms with Crippen molar-refractivity contribution < 1.29 is 89.1 Å². The van der Waals surface area contributed by atoms with Crippen LogP contribution in [0.1, 0.15) is 45.4 Å². The minimum Gasteiger partial charge on any atom is -0.394 e. The molecule has 3 saturated heterocycles. The van der Waals surface area contributed by atoms with Gasteiger partial charge >= 0.3 is 0 Å². The molecule has 11 N–H and O–H groups in total. The van der Waals surface area contributed by atoms with Crippen molar-refractivity contribution in [3.8, 4) is 0 Å². The first-order valence-corrected chi connectivity index (χ1v) is 16.1. The highest BCUT2D eigenvalue weighted by molar-refractivity contribution is 5.78. The van der Waals surface area contributed by atoms with E-state index in [4.69, 9.17) is 28.4 Å². The summed E-state index contributed by atoms with van der Waals surface area (Å²) in [5, 5.41) is 105. The molecule has 3 rings (SSSR count). The first-order chi connectivity index (χ1) is 22.8. The van der Waals surface area contributed by atoms with E-state index in [0.29, 0.717) is 25.8 Å². The third-order valence-corrected chi connectivity index (χ3v) is 8.42. The Morgan fingerprint density at radius 3 is 1.73 bits per heavy atom. The third-order valence-electron chi connectivity index (χ3n) is 8.42. The normalized spacial score (nSPS) is 40.4. The van der Waals surface area contributed by atoms with Gasteiger partial charge < -0.3 is 84.8 Å². The molecule has 0 bridgehead atoms. The average Bonchev–Trinajstić information content (AvgIpc) is 3.07. The molecule has 48 heavy (non-hydrogen) atoms. The van der Waals surface area contributed by atoms with Crippen molar-refractivity contribution in [2.24, 2.45) is 0 Å². The number of aliphatic hydroxyl groups is 10. The SMILES string of the molecule is CCNC(=O)CCCCC(=O)CCCO[C@H]1O[C@H](CO[C@H]2O[C@H](CO)[C@@H](O)[C@H](O)[C@@H]2O)[C@@H](O)[C@H](O[C@H]2O[C@H](CO)[C@@H](O)[C@H](O)[C@@H]2O)[C@H]1O. The Bertz CT molecular complexity index is 974. The van der Waals surface area contributed by atoms with Crippen LogP contribution < -0.4 is 5.32 Å². The summed E-state index contributed by atoms with van der Waals surface area (Å²) in [5.74, 6) is -0.148. The van der Waals surface area contributed by atoms with E-state index >= 15 is 0 Å². The molecule has 0 aliphatic carbocycles. The predicted molar refractivity (Wildman–Crippen MR) is 156 cm³/mol. The van der Waals surface area contributed by atoms with Crippen LogP contribution in [-0.2, 0) is 38.0 Å². The zero-order chi connectivity index (χ0) is 35.5. The zero-order valence-electron chi connectivity index (χ0n) is 26.7. The van der Waals surface area contributed by atoms with Gasteiger partial charge in [-0.05, 0) is 26.2 Å². The molecular formula is C29H51NO18. The van der Waals surface area contributed by atoms with Crippen molar-refractivity contribution in [2.45, 2.75) is 138 Å². The lowest BCUT2D eigenvalue weighted by atomic mass is 9.96. The minimum absolute atomic E-state index is 0.0651. The first-order valence-electron chi connectivity index (χ1n) is 16.1. The lowest BCUT2D eigenvalue weighted by Crippen LogP contribution is -2.65. The second kappa shape index (κ2) is 19.8. The first kappa shape index (κ1) is 40.9. The molecule has 0 saturated carbocycles. The van der Waals surface area contributed by atoms with Gasteiger partial charge in [-0.1, -0.05) is 0 Å². The molecule has 3 aliphatic rings. The Hall–Kier alpha value is -1.50. The Kier molecular flexibility index (Phi) is 16.9. The minimum atomic E-state index is -1.87. The quantitative estimate of drug-likeness (QED) is 0.0594. The van der Waals surface area contributed by atoms with E-state index < -0.39 is 112 Å². The van der Waals surface area contributed by atoms with Crippen LogP contribution in [0.4, 0.5) is 0 Å². The number of amides is 1. The van der Waals surface area contributed by atoms with Crippen LogP contribution in [0.5, 0.6) is 0 Å². The van der Waals surface area contributed by atoms with Crippen molar-refractivity contribution in [1.29, 1.82) is 0 Å². The summed E-state index contributed by atoms with van der Waals surface area (Å²) >= 11 is 0. The van der Waals surface area contributed by atoms with Gasteiger partial charge in [0.2, 0.25) is 5.91 Å². The number of Topliss-reactive ketones (excluding diaryl/α,β-unsaturated/α-hetero) is 1. The average molecular weight is 702 g/mol. The van der Waals surface area contributed by atoms with Crippen LogP contribution in [0, 0.1) is 0 Å². The molecule has 3 heterocycles. The lowest BCUT2D eigenvalue weighted by Gasteiger charge is -2.46. The molecule has 0 aromatic heterocycles. The highest BCUT2D eigenvalue weighted by Gasteiger charge is 2.52. The summed E-state index contributed by atoms with van der Waals surface area (Å²) in [5.41, 5.74) is 0. The van der Waals surface area contributed by atoms with Crippen LogP contribution in [-0.4, -0.2) is 188 Å². The van der Waals surface area contributed by atoms with Crippen molar-refractivity contribution in [3.05, 3.63) is 0 Å². The molecule has 3 aliphatic heterocycles. The molecule has 19 nitrogen and oxygen atoms in total. The Morgan fingerprint density at radius 1 is 0.604 bits per heavy atom. The maximum Gasteiger partial charge on any atom is 0.219 e. The highest BCUT2D eigenvalue weighted by atomic mass is 16.7. The van der Waals surface area contributed by atoms with Crippen LogP contribution in [0.2, 0.25) is 0 Å². The van der Waals surface area contributed by atoms with Crippen LogP contribution in [0.3, 0.4) is 0 Å². The van der Waals surface area contributed by atoms with Crippen molar-refractivity contribution in [3.63, 3.8) is 0 Å². The van der Waals surface area contributed by atoms with Gasteiger partial charge in [-0.2, -0.15) is 0 Å². The number of nitrogens with one attached hydrogen (secondary N) is 1. The number of aliphatic hydroxyl groups excluding tert-OH is 10. The fourth-order valence-corrected chi connectivity index (χ4v) is 5.56. The number of carbonyl (C=O) groups is 2. The molecule has 15 atom stereocenters. The summed E-state index contributed by atoms with van der Waals surface area (Å²) in [4.78, 5) is 23.8. The largest absolute Gasteiger partial charge is 0.394 e. The molecule has 0 radical (unpaired) electrons. The second-order valence-electron chi connectivity index (χ2n) is 12.0. The molecule has 0 spiro atoms. The number of rotatable bonds is 18. The van der Waals surface area contributed by atoms with Crippen molar-refractivity contribution in [2.75, 3.05) is 33.0 Å². The molecule has 1 amide bonds. The number of hydrogen-bond acceptors (Lipinski definition) is 18. The lowest BCUT2D eigenvalue weighted by molar-refractivity contribution is -0.366. The van der Waals surface area contributed by atoms with Crippen LogP contribution in [0.25, 0.3) is 0 Å². The molecule has 0 aromatic rings.